The summed E-state index contributed by atoms with van der Waals surface area (Å²) < 4.78 is 23.1. The number of rotatable bonds is 9. The van der Waals surface area contributed by atoms with Gasteiger partial charge in [0.25, 0.3) is 0 Å². The molecule has 0 saturated heterocycles. The summed E-state index contributed by atoms with van der Waals surface area (Å²) in [5.41, 5.74) is 3.38. The molecule has 0 saturated carbocycles. The van der Waals surface area contributed by atoms with Gasteiger partial charge in [0.05, 0.1) is 6.54 Å². The van der Waals surface area contributed by atoms with Crippen LogP contribution >= 0.6 is 11.6 Å². The van der Waals surface area contributed by atoms with E-state index in [-0.39, 0.29) is 12.1 Å². The van der Waals surface area contributed by atoms with Gasteiger partial charge in [0.2, 0.25) is 6.79 Å². The number of carboxylic acids is 1. The third-order valence-corrected chi connectivity index (χ3v) is 4.38. The molecule has 0 aliphatic rings. The number of carbonyl (C=O) groups excluding carboxylic acids is 3. The van der Waals surface area contributed by atoms with E-state index in [1.54, 1.807) is 24.3 Å². The maximum Gasteiger partial charge on any atom is 0.395 e. The number of amides is 1. The lowest BCUT2D eigenvalue weighted by Gasteiger charge is -2.24. The number of carboxylic acid groups (broad SMARTS) is 1. The highest BCUT2D eigenvalue weighted by atomic mass is 35.5. The van der Waals surface area contributed by atoms with Gasteiger partial charge >= 0.3 is 23.8 Å². The van der Waals surface area contributed by atoms with E-state index in [0.29, 0.717) is 16.1 Å². The number of esters is 2. The van der Waals surface area contributed by atoms with Crippen molar-refractivity contribution in [3.63, 3.8) is 0 Å². The van der Waals surface area contributed by atoms with Crippen LogP contribution in [0.4, 0.5) is 4.39 Å². The first kappa shape index (κ1) is 25.7. The molecule has 10 nitrogen and oxygen atoms in total. The number of aliphatic carboxylic acids is 1. The molecule has 0 heterocycles. The van der Waals surface area contributed by atoms with E-state index in [1.165, 1.54) is 18.2 Å². The maximum absolute atomic E-state index is 14.1. The van der Waals surface area contributed by atoms with E-state index >= 15 is 0 Å². The first-order valence-electron chi connectivity index (χ1n) is 9.38. The normalized spacial score (nSPS) is 11.5. The fraction of sp³-hybridized carbons (Fsp3) is 0.238. The van der Waals surface area contributed by atoms with Gasteiger partial charge in [-0.25, -0.2) is 19.0 Å². The summed E-state index contributed by atoms with van der Waals surface area (Å²) in [5.74, 6) is -5.50. The Hall–Kier alpha value is -3.54. The monoisotopic (exact) mass is 482 g/mol. The number of nitrogens with one attached hydrogen (secondary N) is 1. The molecule has 0 radical (unpaired) electrons. The van der Waals surface area contributed by atoms with Crippen molar-refractivity contribution >= 4 is 35.4 Å². The molecule has 0 aliphatic heterocycles. The third kappa shape index (κ3) is 8.15. The largest absolute Gasteiger partial charge is 0.474 e. The van der Waals surface area contributed by atoms with Crippen LogP contribution in [0.25, 0.3) is 11.1 Å². The minimum Gasteiger partial charge on any atom is -0.474 e. The number of halogens is 2. The molecule has 0 bridgehead atoms. The Balaban J connectivity index is 2.11. The second-order valence-electron chi connectivity index (χ2n) is 6.68. The second kappa shape index (κ2) is 11.9. The molecular weight excluding hydrogens is 463 g/mol. The molecule has 176 valence electrons. The van der Waals surface area contributed by atoms with E-state index in [9.17, 15) is 28.7 Å². The van der Waals surface area contributed by atoms with E-state index in [2.05, 4.69) is 14.9 Å². The Morgan fingerprint density at radius 3 is 2.39 bits per heavy atom. The lowest BCUT2D eigenvalue weighted by atomic mass is 10.0. The SMILES string of the molecule is CC(=O)OCOC(=O)C(O)CN(Cc1ccc(-c2cc(Cl)ccc2F)cc1)NC(=O)C(=O)O. The first-order chi connectivity index (χ1) is 15.6. The zero-order valence-electron chi connectivity index (χ0n) is 17.3. The van der Waals surface area contributed by atoms with Gasteiger partial charge in [0, 0.05) is 24.1 Å². The molecule has 0 aromatic heterocycles. The molecule has 2 aromatic carbocycles. The van der Waals surface area contributed by atoms with Gasteiger partial charge in [-0.2, -0.15) is 0 Å². The highest BCUT2D eigenvalue weighted by molar-refractivity contribution is 6.31. The van der Waals surface area contributed by atoms with Gasteiger partial charge in [-0.3, -0.25) is 15.0 Å². The minimum atomic E-state index is -1.80. The van der Waals surface area contributed by atoms with Crippen molar-refractivity contribution in [1.82, 2.24) is 10.4 Å². The van der Waals surface area contributed by atoms with Crippen molar-refractivity contribution in [2.75, 3.05) is 13.3 Å². The summed E-state index contributed by atoms with van der Waals surface area (Å²) in [6, 6.07) is 10.5. The van der Waals surface area contributed by atoms with Crippen molar-refractivity contribution in [3.8, 4) is 11.1 Å². The maximum atomic E-state index is 14.1. The second-order valence-corrected chi connectivity index (χ2v) is 7.12. The van der Waals surface area contributed by atoms with Crippen molar-refractivity contribution < 1.29 is 43.3 Å². The molecular formula is C21H20ClFN2O8. The number of hydrogen-bond acceptors (Lipinski definition) is 8. The summed E-state index contributed by atoms with van der Waals surface area (Å²) in [5, 5.41) is 20.2. The molecule has 12 heteroatoms. The van der Waals surface area contributed by atoms with Crippen molar-refractivity contribution in [1.29, 1.82) is 0 Å². The van der Waals surface area contributed by atoms with Crippen LogP contribution in [0.1, 0.15) is 12.5 Å². The fourth-order valence-corrected chi connectivity index (χ4v) is 2.79. The van der Waals surface area contributed by atoms with Gasteiger partial charge in [0.1, 0.15) is 5.82 Å². The molecule has 33 heavy (non-hydrogen) atoms. The summed E-state index contributed by atoms with van der Waals surface area (Å²) in [6.07, 6.45) is -1.80. The Morgan fingerprint density at radius 1 is 1.12 bits per heavy atom. The van der Waals surface area contributed by atoms with Gasteiger partial charge < -0.3 is 19.7 Å². The Labute approximate surface area is 192 Å². The molecule has 0 aliphatic carbocycles. The number of aliphatic hydroxyl groups excluding tert-OH is 1. The molecule has 2 rings (SSSR count). The van der Waals surface area contributed by atoms with Gasteiger partial charge in [-0.1, -0.05) is 35.9 Å². The van der Waals surface area contributed by atoms with E-state index in [0.717, 1.165) is 11.9 Å². The van der Waals surface area contributed by atoms with E-state index in [4.69, 9.17) is 16.7 Å². The average Bonchev–Trinajstić information content (AvgIpc) is 2.75. The lowest BCUT2D eigenvalue weighted by Crippen LogP contribution is -2.49. The lowest BCUT2D eigenvalue weighted by molar-refractivity contribution is -0.173. The third-order valence-electron chi connectivity index (χ3n) is 4.15. The molecule has 3 N–H and O–H groups in total. The van der Waals surface area contributed by atoms with E-state index < -0.39 is 49.1 Å². The number of hydrogen-bond donors (Lipinski definition) is 3. The quantitative estimate of drug-likeness (QED) is 0.209. The summed E-state index contributed by atoms with van der Waals surface area (Å²) >= 11 is 5.91. The predicted molar refractivity (Wildman–Crippen MR) is 112 cm³/mol. The van der Waals surface area contributed by atoms with Crippen molar-refractivity contribution in [3.05, 3.63) is 58.9 Å². The van der Waals surface area contributed by atoms with Crippen LogP contribution in [-0.4, -0.2) is 58.5 Å². The van der Waals surface area contributed by atoms with Crippen LogP contribution in [0.5, 0.6) is 0 Å². The molecule has 1 unspecified atom stereocenters. The Morgan fingerprint density at radius 2 is 1.79 bits per heavy atom. The number of ether oxygens (including phenoxy) is 2. The van der Waals surface area contributed by atoms with Gasteiger partial charge in [-0.05, 0) is 29.3 Å². The summed E-state index contributed by atoms with van der Waals surface area (Å²) in [7, 11) is 0. The predicted octanol–water partition coefficient (Wildman–Crippen LogP) is 1.49. The van der Waals surface area contributed by atoms with Crippen LogP contribution in [-0.2, 0) is 35.2 Å². The van der Waals surface area contributed by atoms with Gasteiger partial charge in [-0.15, -0.1) is 0 Å². The standard InChI is InChI=1S/C21H20ClFN2O8/c1-12(26)32-11-33-21(31)18(27)10-25(24-19(28)20(29)30)9-13-2-4-14(5-3-13)16-8-15(22)6-7-17(16)23/h2-8,18,27H,9-11H2,1H3,(H,24,28)(H,29,30). The molecule has 0 fully saturated rings. The van der Waals surface area contributed by atoms with Crippen LogP contribution in [0.2, 0.25) is 5.02 Å². The molecule has 0 spiro atoms. The number of aliphatic hydroxyl groups is 1. The summed E-state index contributed by atoms with van der Waals surface area (Å²) in [6.45, 7) is -0.276. The number of hydrazine groups is 1. The van der Waals surface area contributed by atoms with Crippen molar-refractivity contribution in [2.24, 2.45) is 0 Å². The minimum absolute atomic E-state index is 0.119. The summed E-state index contributed by atoms with van der Waals surface area (Å²) in [4.78, 5) is 45.0. The first-order valence-corrected chi connectivity index (χ1v) is 9.76. The van der Waals surface area contributed by atoms with Crippen LogP contribution in [0, 0.1) is 5.82 Å². The topological polar surface area (TPSA) is 142 Å². The molecule has 1 amide bonds. The highest BCUT2D eigenvalue weighted by Gasteiger charge is 2.24. The van der Waals surface area contributed by atoms with Gasteiger partial charge in [0.15, 0.2) is 6.10 Å². The van der Waals surface area contributed by atoms with Crippen molar-refractivity contribution in [2.45, 2.75) is 19.6 Å². The molecule has 1 atom stereocenters. The smallest absolute Gasteiger partial charge is 0.395 e. The Bertz CT molecular complexity index is 1030. The van der Waals surface area contributed by atoms with Crippen LogP contribution < -0.4 is 5.43 Å². The van der Waals surface area contributed by atoms with Crippen LogP contribution in [0.3, 0.4) is 0 Å². The number of benzene rings is 2. The average molecular weight is 483 g/mol. The molecule has 2 aromatic rings. The number of carbonyl (C=O) groups is 4. The van der Waals surface area contributed by atoms with Crippen LogP contribution in [0.15, 0.2) is 42.5 Å². The zero-order chi connectivity index (χ0) is 24.5. The highest BCUT2D eigenvalue weighted by Crippen LogP contribution is 2.26. The van der Waals surface area contributed by atoms with E-state index in [1.807, 2.05) is 0 Å². The Kier molecular flexibility index (Phi) is 9.28. The fourth-order valence-electron chi connectivity index (χ4n) is 2.62. The zero-order valence-corrected chi connectivity index (χ0v) is 18.0. The number of nitrogens with zero attached hydrogens (tertiary/aromatic N) is 1.